The van der Waals surface area contributed by atoms with Gasteiger partial charge in [-0.2, -0.15) is 0 Å². The normalized spacial score (nSPS) is 10.6. The molecule has 4 nitrogen and oxygen atoms in total. The molecule has 0 saturated heterocycles. The Morgan fingerprint density at radius 2 is 1.37 bits per heavy atom. The maximum Gasteiger partial charge on any atom is 0.187 e. The zero-order valence-corrected chi connectivity index (χ0v) is 15.3. The third-order valence-electron chi connectivity index (χ3n) is 3.97. The summed E-state index contributed by atoms with van der Waals surface area (Å²) in [5.74, 6) is 2.21. The number of methoxy groups -OCH3 is 1. The lowest BCUT2D eigenvalue weighted by Crippen LogP contribution is -1.96. The molecule has 3 aromatic carbocycles. The van der Waals surface area contributed by atoms with E-state index in [4.69, 9.17) is 9.47 Å². The van der Waals surface area contributed by atoms with Crippen molar-refractivity contribution in [1.82, 2.24) is 0 Å². The average molecular weight is 359 g/mol. The van der Waals surface area contributed by atoms with Gasteiger partial charge in [-0.05, 0) is 55.5 Å². The van der Waals surface area contributed by atoms with Crippen molar-refractivity contribution in [3.8, 4) is 17.2 Å². The van der Waals surface area contributed by atoms with Crippen LogP contribution in [0.15, 0.2) is 85.1 Å². The predicted molar refractivity (Wildman–Crippen MR) is 108 cm³/mol. The van der Waals surface area contributed by atoms with Crippen LogP contribution >= 0.6 is 0 Å². The Labute approximate surface area is 159 Å². The topological polar surface area (TPSA) is 47.6 Å². The second-order valence-corrected chi connectivity index (χ2v) is 6.01. The van der Waals surface area contributed by atoms with Crippen LogP contribution in [-0.2, 0) is 0 Å². The number of rotatable bonds is 7. The summed E-state index contributed by atoms with van der Waals surface area (Å²) in [5.41, 5.74) is 2.66. The van der Waals surface area contributed by atoms with Gasteiger partial charge in [0.1, 0.15) is 17.2 Å². The molecule has 0 aliphatic rings. The largest absolute Gasteiger partial charge is 0.497 e. The number of carbonyl (C=O) groups is 1. The van der Waals surface area contributed by atoms with Crippen LogP contribution in [0.2, 0.25) is 0 Å². The summed E-state index contributed by atoms with van der Waals surface area (Å²) in [6.45, 7) is 1.99. The van der Waals surface area contributed by atoms with Gasteiger partial charge in [-0.15, -0.1) is 0 Å². The second-order valence-electron chi connectivity index (χ2n) is 6.01. The van der Waals surface area contributed by atoms with Gasteiger partial charge in [0.2, 0.25) is 0 Å². The zero-order chi connectivity index (χ0) is 19.1. The number of anilines is 1. The first kappa shape index (κ1) is 18.3. The summed E-state index contributed by atoms with van der Waals surface area (Å²) < 4.78 is 10.9. The maximum absolute atomic E-state index is 12.1. The standard InChI is InChI=1S/C23H21NO3/c1-17-3-5-18(6-4-17)23(25)15-16-24-19-7-9-21(10-8-19)27-22-13-11-20(26-2)12-14-22/h3-16,24H,1-2H3/b16-15+. The third kappa shape index (κ3) is 5.22. The Morgan fingerprint density at radius 3 is 1.96 bits per heavy atom. The first-order chi connectivity index (χ1) is 13.1. The number of aryl methyl sites for hydroxylation is 1. The van der Waals surface area contributed by atoms with Crippen molar-refractivity contribution >= 4 is 11.5 Å². The van der Waals surface area contributed by atoms with Crippen LogP contribution < -0.4 is 14.8 Å². The first-order valence-corrected chi connectivity index (χ1v) is 8.60. The molecule has 27 heavy (non-hydrogen) atoms. The molecule has 0 aliphatic carbocycles. The minimum atomic E-state index is -0.0399. The van der Waals surface area contributed by atoms with E-state index in [1.165, 1.54) is 6.08 Å². The molecular weight excluding hydrogens is 338 g/mol. The number of hydrogen-bond acceptors (Lipinski definition) is 4. The monoisotopic (exact) mass is 359 g/mol. The maximum atomic E-state index is 12.1. The van der Waals surface area contributed by atoms with Gasteiger partial charge in [0.25, 0.3) is 0 Å². The molecule has 0 amide bonds. The highest BCUT2D eigenvalue weighted by Gasteiger charge is 2.01. The Hall–Kier alpha value is -3.53. The summed E-state index contributed by atoms with van der Waals surface area (Å²) in [6.07, 6.45) is 3.16. The Kier molecular flexibility index (Phi) is 5.90. The lowest BCUT2D eigenvalue weighted by molar-refractivity contribution is 0.104. The fraction of sp³-hybridized carbons (Fsp3) is 0.0870. The molecule has 0 heterocycles. The minimum Gasteiger partial charge on any atom is -0.497 e. The molecule has 0 atom stereocenters. The number of hydrogen-bond donors (Lipinski definition) is 1. The Balaban J connectivity index is 1.55. The molecule has 3 rings (SSSR count). The van der Waals surface area contributed by atoms with Crippen molar-refractivity contribution < 1.29 is 14.3 Å². The second kappa shape index (κ2) is 8.72. The van der Waals surface area contributed by atoms with Gasteiger partial charge in [-0.3, -0.25) is 4.79 Å². The summed E-state index contributed by atoms with van der Waals surface area (Å²) in [4.78, 5) is 12.1. The SMILES string of the molecule is COc1ccc(Oc2ccc(N/C=C/C(=O)c3ccc(C)cc3)cc2)cc1. The van der Waals surface area contributed by atoms with Crippen molar-refractivity contribution in [1.29, 1.82) is 0 Å². The van der Waals surface area contributed by atoms with E-state index in [-0.39, 0.29) is 5.78 Å². The van der Waals surface area contributed by atoms with Crippen molar-refractivity contribution in [3.63, 3.8) is 0 Å². The van der Waals surface area contributed by atoms with Gasteiger partial charge in [0, 0.05) is 23.5 Å². The molecule has 0 fully saturated rings. The van der Waals surface area contributed by atoms with Crippen LogP contribution in [0.1, 0.15) is 15.9 Å². The van der Waals surface area contributed by atoms with Crippen LogP contribution in [0.4, 0.5) is 5.69 Å². The summed E-state index contributed by atoms with van der Waals surface area (Å²) in [5, 5.41) is 3.09. The molecule has 0 aliphatic heterocycles. The average Bonchev–Trinajstić information content (AvgIpc) is 2.70. The lowest BCUT2D eigenvalue weighted by Gasteiger charge is -2.07. The van der Waals surface area contributed by atoms with Crippen LogP contribution in [-0.4, -0.2) is 12.9 Å². The lowest BCUT2D eigenvalue weighted by atomic mass is 10.1. The highest BCUT2D eigenvalue weighted by molar-refractivity contribution is 6.04. The number of allylic oxidation sites excluding steroid dienone is 1. The van der Waals surface area contributed by atoms with E-state index >= 15 is 0 Å². The summed E-state index contributed by atoms with van der Waals surface area (Å²) in [6, 6.07) is 22.4. The molecule has 3 aromatic rings. The van der Waals surface area contributed by atoms with Gasteiger partial charge in [0.05, 0.1) is 7.11 Å². The summed E-state index contributed by atoms with van der Waals surface area (Å²) in [7, 11) is 1.63. The third-order valence-corrected chi connectivity index (χ3v) is 3.97. The van der Waals surface area contributed by atoms with Crippen molar-refractivity contribution in [2.45, 2.75) is 6.92 Å². The number of ether oxygens (including phenoxy) is 2. The Bertz CT molecular complexity index is 911. The number of nitrogens with one attached hydrogen (secondary N) is 1. The quantitative estimate of drug-likeness (QED) is 0.440. The van der Waals surface area contributed by atoms with E-state index in [2.05, 4.69) is 5.32 Å². The van der Waals surface area contributed by atoms with E-state index in [1.807, 2.05) is 79.7 Å². The van der Waals surface area contributed by atoms with Gasteiger partial charge in [-0.1, -0.05) is 29.8 Å². The highest BCUT2D eigenvalue weighted by atomic mass is 16.5. The molecule has 0 bridgehead atoms. The summed E-state index contributed by atoms with van der Waals surface area (Å²) >= 11 is 0. The van der Waals surface area contributed by atoms with Crippen LogP contribution in [0, 0.1) is 6.92 Å². The number of benzene rings is 3. The minimum absolute atomic E-state index is 0.0399. The number of carbonyl (C=O) groups excluding carboxylic acids is 1. The molecule has 0 spiro atoms. The van der Waals surface area contributed by atoms with Crippen LogP contribution in [0.3, 0.4) is 0 Å². The van der Waals surface area contributed by atoms with Gasteiger partial charge in [-0.25, -0.2) is 0 Å². The first-order valence-electron chi connectivity index (χ1n) is 8.60. The zero-order valence-electron chi connectivity index (χ0n) is 15.3. The van der Waals surface area contributed by atoms with Crippen LogP contribution in [0.25, 0.3) is 0 Å². The Morgan fingerprint density at radius 1 is 0.815 bits per heavy atom. The molecule has 4 heteroatoms. The molecular formula is C23H21NO3. The molecule has 0 aromatic heterocycles. The fourth-order valence-electron chi connectivity index (χ4n) is 2.43. The van der Waals surface area contributed by atoms with Crippen molar-refractivity contribution in [3.05, 3.63) is 96.2 Å². The van der Waals surface area contributed by atoms with E-state index < -0.39 is 0 Å². The van der Waals surface area contributed by atoms with E-state index in [0.29, 0.717) is 5.56 Å². The molecule has 0 saturated carbocycles. The van der Waals surface area contributed by atoms with Crippen LogP contribution in [0.5, 0.6) is 17.2 Å². The van der Waals surface area contributed by atoms with Crippen molar-refractivity contribution in [2.24, 2.45) is 0 Å². The molecule has 1 N–H and O–H groups in total. The van der Waals surface area contributed by atoms with Crippen molar-refractivity contribution in [2.75, 3.05) is 12.4 Å². The van der Waals surface area contributed by atoms with E-state index in [0.717, 1.165) is 28.5 Å². The van der Waals surface area contributed by atoms with Gasteiger partial charge in [0.15, 0.2) is 5.78 Å². The fourth-order valence-corrected chi connectivity index (χ4v) is 2.43. The highest BCUT2D eigenvalue weighted by Crippen LogP contribution is 2.24. The molecule has 0 unspecified atom stereocenters. The molecule has 0 radical (unpaired) electrons. The molecule has 136 valence electrons. The van der Waals surface area contributed by atoms with E-state index in [1.54, 1.807) is 13.3 Å². The van der Waals surface area contributed by atoms with E-state index in [9.17, 15) is 4.79 Å². The van der Waals surface area contributed by atoms with Gasteiger partial charge < -0.3 is 14.8 Å². The number of ketones is 1. The van der Waals surface area contributed by atoms with Gasteiger partial charge >= 0.3 is 0 Å². The smallest absolute Gasteiger partial charge is 0.187 e. The predicted octanol–water partition coefficient (Wildman–Crippen LogP) is 5.60.